The summed E-state index contributed by atoms with van der Waals surface area (Å²) in [6.45, 7) is 4.46. The van der Waals surface area contributed by atoms with E-state index in [1.54, 1.807) is 13.2 Å². The highest BCUT2D eigenvalue weighted by atomic mass is 127. The molecule has 1 aliphatic heterocycles. The molecule has 0 spiro atoms. The summed E-state index contributed by atoms with van der Waals surface area (Å²) >= 11 is 0. The molecule has 1 aromatic rings. The van der Waals surface area contributed by atoms with Crippen LogP contribution in [0.1, 0.15) is 25.8 Å². The van der Waals surface area contributed by atoms with Crippen molar-refractivity contribution in [1.29, 1.82) is 0 Å². The monoisotopic (exact) mass is 468 g/mol. The van der Waals surface area contributed by atoms with E-state index >= 15 is 0 Å². The molecular formula is C15H25IN4O3S. The summed E-state index contributed by atoms with van der Waals surface area (Å²) in [4.78, 5) is 8.37. The van der Waals surface area contributed by atoms with Crippen LogP contribution >= 0.6 is 24.0 Å². The summed E-state index contributed by atoms with van der Waals surface area (Å²) < 4.78 is 28.5. The minimum atomic E-state index is -2.90. The summed E-state index contributed by atoms with van der Waals surface area (Å²) in [6, 6.07) is 3.69. The number of aliphatic imine (C=N–C) groups is 1. The van der Waals surface area contributed by atoms with Crippen LogP contribution in [0.3, 0.4) is 0 Å². The highest BCUT2D eigenvalue weighted by molar-refractivity contribution is 14.0. The number of nitrogens with one attached hydrogen (secondary N) is 2. The van der Waals surface area contributed by atoms with Crippen molar-refractivity contribution < 1.29 is 13.2 Å². The molecule has 136 valence electrons. The summed E-state index contributed by atoms with van der Waals surface area (Å²) in [7, 11) is -1.24. The first-order valence-corrected chi connectivity index (χ1v) is 9.49. The standard InChI is InChI=1S/C15H24N4O3S.HI/c1-11(2)22-14-5-4-12(8-17-14)9-18-15(16-3)19-13-6-7-23(20,21)10-13;/h4-5,8,11,13H,6-7,9-10H2,1-3H3,(H2,16,18,19);1H. The lowest BCUT2D eigenvalue weighted by molar-refractivity contribution is 0.232. The molecule has 0 radical (unpaired) electrons. The van der Waals surface area contributed by atoms with Crippen LogP contribution < -0.4 is 15.4 Å². The van der Waals surface area contributed by atoms with Gasteiger partial charge in [-0.15, -0.1) is 24.0 Å². The molecule has 0 aromatic carbocycles. The number of aromatic nitrogens is 1. The number of ether oxygens (including phenoxy) is 1. The molecule has 0 saturated carbocycles. The molecule has 1 atom stereocenters. The molecule has 2 rings (SSSR count). The zero-order valence-corrected chi connectivity index (χ0v) is 17.3. The number of sulfone groups is 1. The van der Waals surface area contributed by atoms with E-state index in [1.165, 1.54) is 0 Å². The Hall–Kier alpha value is -1.10. The van der Waals surface area contributed by atoms with E-state index < -0.39 is 9.84 Å². The second kappa shape index (κ2) is 9.40. The second-order valence-corrected chi connectivity index (χ2v) is 8.07. The topological polar surface area (TPSA) is 92.7 Å². The van der Waals surface area contributed by atoms with E-state index in [-0.39, 0.29) is 47.6 Å². The van der Waals surface area contributed by atoms with Crippen LogP contribution in [0.25, 0.3) is 0 Å². The van der Waals surface area contributed by atoms with Gasteiger partial charge in [-0.1, -0.05) is 6.07 Å². The number of guanidine groups is 1. The minimum Gasteiger partial charge on any atom is -0.475 e. The van der Waals surface area contributed by atoms with Gasteiger partial charge >= 0.3 is 0 Å². The predicted octanol–water partition coefficient (Wildman–Crippen LogP) is 1.34. The van der Waals surface area contributed by atoms with E-state index in [4.69, 9.17) is 4.74 Å². The van der Waals surface area contributed by atoms with Crippen molar-refractivity contribution in [1.82, 2.24) is 15.6 Å². The van der Waals surface area contributed by atoms with Crippen molar-refractivity contribution in [2.45, 2.75) is 39.0 Å². The number of hydrogen-bond acceptors (Lipinski definition) is 5. The van der Waals surface area contributed by atoms with Gasteiger partial charge in [-0.25, -0.2) is 13.4 Å². The Morgan fingerprint density at radius 3 is 2.71 bits per heavy atom. The third kappa shape index (κ3) is 6.80. The third-order valence-electron chi connectivity index (χ3n) is 3.41. The Kier molecular flexibility index (Phi) is 8.20. The summed E-state index contributed by atoms with van der Waals surface area (Å²) in [6.07, 6.45) is 2.46. The Labute approximate surface area is 160 Å². The van der Waals surface area contributed by atoms with Crippen molar-refractivity contribution in [3.05, 3.63) is 23.9 Å². The molecule has 1 unspecified atom stereocenters. The summed E-state index contributed by atoms with van der Waals surface area (Å²) in [5, 5.41) is 6.31. The molecule has 1 aliphatic rings. The van der Waals surface area contributed by atoms with E-state index in [0.717, 1.165) is 5.56 Å². The molecule has 0 amide bonds. The van der Waals surface area contributed by atoms with Crippen LogP contribution in [-0.4, -0.2) is 50.1 Å². The Morgan fingerprint density at radius 2 is 2.21 bits per heavy atom. The Morgan fingerprint density at radius 1 is 1.46 bits per heavy atom. The van der Waals surface area contributed by atoms with Gasteiger partial charge in [0.25, 0.3) is 0 Å². The maximum absolute atomic E-state index is 11.5. The smallest absolute Gasteiger partial charge is 0.213 e. The fraction of sp³-hybridized carbons (Fsp3) is 0.600. The lowest BCUT2D eigenvalue weighted by Gasteiger charge is -2.16. The van der Waals surface area contributed by atoms with Crippen molar-refractivity contribution in [2.75, 3.05) is 18.6 Å². The number of hydrogen-bond donors (Lipinski definition) is 2. The molecule has 0 aliphatic carbocycles. The first-order chi connectivity index (χ1) is 10.9. The van der Waals surface area contributed by atoms with Gasteiger partial charge < -0.3 is 15.4 Å². The molecular weight excluding hydrogens is 443 g/mol. The highest BCUT2D eigenvalue weighted by Gasteiger charge is 2.28. The average Bonchev–Trinajstić information content (AvgIpc) is 2.83. The van der Waals surface area contributed by atoms with Gasteiger partial charge in [-0.3, -0.25) is 4.99 Å². The molecule has 1 fully saturated rings. The van der Waals surface area contributed by atoms with Crippen molar-refractivity contribution in [3.8, 4) is 5.88 Å². The van der Waals surface area contributed by atoms with Gasteiger partial charge in [0.05, 0.1) is 17.6 Å². The fourth-order valence-corrected chi connectivity index (χ4v) is 3.98. The van der Waals surface area contributed by atoms with Crippen molar-refractivity contribution in [3.63, 3.8) is 0 Å². The van der Waals surface area contributed by atoms with Gasteiger partial charge in [-0.05, 0) is 25.8 Å². The van der Waals surface area contributed by atoms with E-state index in [0.29, 0.717) is 24.8 Å². The van der Waals surface area contributed by atoms with Crippen LogP contribution in [0.2, 0.25) is 0 Å². The average molecular weight is 468 g/mol. The Bertz CT molecular complexity index is 647. The van der Waals surface area contributed by atoms with Crippen molar-refractivity contribution >= 4 is 39.8 Å². The number of halogens is 1. The van der Waals surface area contributed by atoms with Crippen molar-refractivity contribution in [2.24, 2.45) is 4.99 Å². The SMILES string of the molecule is CN=C(NCc1ccc(OC(C)C)nc1)NC1CCS(=O)(=O)C1.I. The van der Waals surface area contributed by atoms with Gasteiger partial charge in [0, 0.05) is 31.9 Å². The maximum Gasteiger partial charge on any atom is 0.213 e. The van der Waals surface area contributed by atoms with Crippen LogP contribution in [-0.2, 0) is 16.4 Å². The molecule has 2 N–H and O–H groups in total. The molecule has 9 heteroatoms. The zero-order valence-electron chi connectivity index (χ0n) is 14.2. The molecule has 24 heavy (non-hydrogen) atoms. The fourth-order valence-electron chi connectivity index (χ4n) is 2.31. The molecule has 2 heterocycles. The quantitative estimate of drug-likeness (QED) is 0.385. The number of rotatable bonds is 5. The molecule has 7 nitrogen and oxygen atoms in total. The zero-order chi connectivity index (χ0) is 16.9. The second-order valence-electron chi connectivity index (χ2n) is 5.84. The molecule has 0 bridgehead atoms. The van der Waals surface area contributed by atoms with Crippen LogP contribution in [0.5, 0.6) is 5.88 Å². The first-order valence-electron chi connectivity index (χ1n) is 7.67. The van der Waals surface area contributed by atoms with E-state index in [1.807, 2.05) is 26.0 Å². The van der Waals surface area contributed by atoms with Crippen LogP contribution in [0.15, 0.2) is 23.3 Å². The van der Waals surface area contributed by atoms with Crippen LogP contribution in [0, 0.1) is 0 Å². The van der Waals surface area contributed by atoms with Crippen LogP contribution in [0.4, 0.5) is 0 Å². The van der Waals surface area contributed by atoms with E-state index in [2.05, 4.69) is 20.6 Å². The van der Waals surface area contributed by atoms with Gasteiger partial charge in [0.1, 0.15) is 0 Å². The number of pyridine rings is 1. The Balaban J connectivity index is 0.00000288. The summed E-state index contributed by atoms with van der Waals surface area (Å²) in [5.41, 5.74) is 0.989. The molecule has 1 saturated heterocycles. The third-order valence-corrected chi connectivity index (χ3v) is 5.18. The van der Waals surface area contributed by atoms with Gasteiger partial charge in [-0.2, -0.15) is 0 Å². The largest absolute Gasteiger partial charge is 0.475 e. The molecule has 1 aromatic heterocycles. The minimum absolute atomic E-state index is 0. The van der Waals surface area contributed by atoms with Gasteiger partial charge in [0.15, 0.2) is 15.8 Å². The maximum atomic E-state index is 11.5. The lowest BCUT2D eigenvalue weighted by Crippen LogP contribution is -2.43. The van der Waals surface area contributed by atoms with E-state index in [9.17, 15) is 8.42 Å². The van der Waals surface area contributed by atoms with Gasteiger partial charge in [0.2, 0.25) is 5.88 Å². The lowest BCUT2D eigenvalue weighted by atomic mass is 10.2. The normalized spacial score (nSPS) is 19.7. The first kappa shape index (κ1) is 20.9. The highest BCUT2D eigenvalue weighted by Crippen LogP contribution is 2.11. The number of nitrogens with zero attached hydrogens (tertiary/aromatic N) is 2. The predicted molar refractivity (Wildman–Crippen MR) is 106 cm³/mol. The summed E-state index contributed by atoms with van der Waals surface area (Å²) in [5.74, 6) is 1.59.